The van der Waals surface area contributed by atoms with Crippen LogP contribution in [0.25, 0.3) is 0 Å². The number of rotatable bonds is 6. The lowest BCUT2D eigenvalue weighted by molar-refractivity contribution is -0.163. The Morgan fingerprint density at radius 1 is 1.00 bits per heavy atom. The predicted molar refractivity (Wildman–Crippen MR) is 101 cm³/mol. The molecule has 2 aliphatic heterocycles. The van der Waals surface area contributed by atoms with Crippen molar-refractivity contribution in [2.24, 2.45) is 5.41 Å². The molecule has 4 rings (SSSR count). The Morgan fingerprint density at radius 3 is 2.36 bits per heavy atom. The number of aryl methyl sites for hydroxylation is 1. The van der Waals surface area contributed by atoms with Crippen molar-refractivity contribution in [2.45, 2.75) is 19.4 Å². The van der Waals surface area contributed by atoms with Gasteiger partial charge in [0.05, 0.1) is 18.6 Å². The Labute approximate surface area is 164 Å². The molecule has 148 valence electrons. The van der Waals surface area contributed by atoms with Gasteiger partial charge in [0, 0.05) is 39.1 Å². The number of hydrogen-bond donors (Lipinski definition) is 0. The van der Waals surface area contributed by atoms with Crippen LogP contribution in [0.3, 0.4) is 0 Å². The molecule has 0 radical (unpaired) electrons. The highest BCUT2D eigenvalue weighted by atomic mass is 16.5. The fraction of sp³-hybridized carbons (Fsp3) is 0.500. The first-order chi connectivity index (χ1) is 13.7. The van der Waals surface area contributed by atoms with Gasteiger partial charge in [0.2, 0.25) is 11.8 Å². The third kappa shape index (κ3) is 3.91. The van der Waals surface area contributed by atoms with E-state index in [9.17, 15) is 9.59 Å². The van der Waals surface area contributed by atoms with Crippen molar-refractivity contribution in [3.05, 3.63) is 48.5 Å². The number of carbonyl (C=O) groups is 2. The number of amides is 2. The molecule has 0 N–H and O–H groups in total. The Kier molecular flexibility index (Phi) is 5.38. The largest absolute Gasteiger partial charge is 0.378 e. The third-order valence-corrected chi connectivity index (χ3v) is 5.53. The molecule has 0 saturated carbocycles. The number of hydrogen-bond acceptors (Lipinski definition) is 5. The van der Waals surface area contributed by atoms with Crippen LogP contribution in [-0.2, 0) is 27.3 Å². The lowest BCUT2D eigenvalue weighted by Gasteiger charge is -2.51. The van der Waals surface area contributed by atoms with E-state index < -0.39 is 5.41 Å². The van der Waals surface area contributed by atoms with Crippen LogP contribution in [0.15, 0.2) is 43.0 Å². The normalized spacial score (nSPS) is 18.6. The average Bonchev–Trinajstić information content (AvgIpc) is 3.23. The summed E-state index contributed by atoms with van der Waals surface area (Å²) in [6.45, 7) is 3.89. The molecule has 0 atom stereocenters. The topological polar surface area (TPSA) is 80.6 Å². The highest BCUT2D eigenvalue weighted by molar-refractivity contribution is 5.88. The van der Waals surface area contributed by atoms with Crippen LogP contribution in [0.2, 0.25) is 0 Å². The maximum absolute atomic E-state index is 13.3. The van der Waals surface area contributed by atoms with Crippen molar-refractivity contribution in [2.75, 3.05) is 39.4 Å². The van der Waals surface area contributed by atoms with E-state index in [-0.39, 0.29) is 11.8 Å². The molecule has 2 aliphatic rings. The minimum Gasteiger partial charge on any atom is -0.378 e. The molecule has 2 aromatic rings. The van der Waals surface area contributed by atoms with Crippen molar-refractivity contribution in [1.29, 1.82) is 0 Å². The number of likely N-dealkylation sites (tertiary alicyclic amines) is 1. The average molecular weight is 383 g/mol. The van der Waals surface area contributed by atoms with Gasteiger partial charge >= 0.3 is 0 Å². The van der Waals surface area contributed by atoms with E-state index in [1.165, 1.54) is 0 Å². The van der Waals surface area contributed by atoms with Gasteiger partial charge in [0.1, 0.15) is 12.7 Å². The predicted octanol–water partition coefficient (Wildman–Crippen LogP) is 0.598. The lowest BCUT2D eigenvalue weighted by Crippen LogP contribution is -2.66. The number of nitrogens with zero attached hydrogens (tertiary/aromatic N) is 5. The third-order valence-electron chi connectivity index (χ3n) is 5.53. The minimum absolute atomic E-state index is 0.0622. The van der Waals surface area contributed by atoms with Gasteiger partial charge in [-0.15, -0.1) is 10.2 Å². The van der Waals surface area contributed by atoms with Gasteiger partial charge in [-0.3, -0.25) is 9.59 Å². The van der Waals surface area contributed by atoms with E-state index in [1.807, 2.05) is 35.2 Å². The van der Waals surface area contributed by atoms with Crippen molar-refractivity contribution in [3.63, 3.8) is 0 Å². The van der Waals surface area contributed by atoms with Gasteiger partial charge in [-0.1, -0.05) is 30.3 Å². The van der Waals surface area contributed by atoms with Crippen LogP contribution in [0.5, 0.6) is 0 Å². The number of aromatic nitrogens is 3. The van der Waals surface area contributed by atoms with Crippen molar-refractivity contribution < 1.29 is 14.3 Å². The Morgan fingerprint density at radius 2 is 1.68 bits per heavy atom. The summed E-state index contributed by atoms with van der Waals surface area (Å²) >= 11 is 0. The van der Waals surface area contributed by atoms with E-state index >= 15 is 0 Å². The Hall–Kier alpha value is -2.74. The highest BCUT2D eigenvalue weighted by Gasteiger charge is 2.52. The molecule has 8 nitrogen and oxygen atoms in total. The summed E-state index contributed by atoms with van der Waals surface area (Å²) in [5, 5.41) is 7.50. The van der Waals surface area contributed by atoms with Gasteiger partial charge in [0.15, 0.2) is 0 Å². The smallest absolute Gasteiger partial charge is 0.232 e. The first kappa shape index (κ1) is 18.6. The van der Waals surface area contributed by atoms with Crippen molar-refractivity contribution >= 4 is 11.8 Å². The molecule has 0 aliphatic carbocycles. The summed E-state index contributed by atoms with van der Waals surface area (Å²) in [6, 6.07) is 10.0. The second-order valence-corrected chi connectivity index (χ2v) is 7.55. The van der Waals surface area contributed by atoms with Crippen LogP contribution < -0.4 is 0 Å². The SMILES string of the molecule is O=C(CCn1cnnc1)N1CC(Cc2ccccc2)(C(=O)N2CCOCC2)C1. The second kappa shape index (κ2) is 8.10. The molecule has 0 bridgehead atoms. The molecule has 2 saturated heterocycles. The molecule has 2 amide bonds. The van der Waals surface area contributed by atoms with E-state index in [0.29, 0.717) is 58.8 Å². The highest BCUT2D eigenvalue weighted by Crippen LogP contribution is 2.37. The first-order valence-corrected chi connectivity index (χ1v) is 9.68. The minimum atomic E-state index is -0.537. The molecule has 0 unspecified atom stereocenters. The van der Waals surface area contributed by atoms with Gasteiger partial charge in [-0.05, 0) is 12.0 Å². The van der Waals surface area contributed by atoms with Crippen molar-refractivity contribution in [3.8, 4) is 0 Å². The maximum atomic E-state index is 13.3. The monoisotopic (exact) mass is 383 g/mol. The molecular formula is C20H25N5O3. The molecule has 3 heterocycles. The summed E-state index contributed by atoms with van der Waals surface area (Å²) in [6.07, 6.45) is 4.24. The molecule has 8 heteroatoms. The molecule has 0 spiro atoms. The molecule has 2 fully saturated rings. The summed E-state index contributed by atoms with van der Waals surface area (Å²) in [4.78, 5) is 29.6. The van der Waals surface area contributed by atoms with Crippen LogP contribution in [0.1, 0.15) is 12.0 Å². The zero-order valence-corrected chi connectivity index (χ0v) is 15.9. The number of ether oxygens (including phenoxy) is 1. The van der Waals surface area contributed by atoms with Gasteiger partial charge in [-0.25, -0.2) is 0 Å². The summed E-state index contributed by atoms with van der Waals surface area (Å²) in [5.74, 6) is 0.203. The number of benzene rings is 1. The number of carbonyl (C=O) groups excluding carboxylic acids is 2. The maximum Gasteiger partial charge on any atom is 0.232 e. The molecule has 1 aromatic carbocycles. The summed E-state index contributed by atoms with van der Waals surface area (Å²) in [5.41, 5.74) is 0.589. The van der Waals surface area contributed by atoms with Crippen LogP contribution >= 0.6 is 0 Å². The fourth-order valence-corrected chi connectivity index (χ4v) is 3.99. The van der Waals surface area contributed by atoms with E-state index in [0.717, 1.165) is 5.56 Å². The van der Waals surface area contributed by atoms with Crippen LogP contribution in [0.4, 0.5) is 0 Å². The van der Waals surface area contributed by atoms with Gasteiger partial charge in [0.25, 0.3) is 0 Å². The molecule has 28 heavy (non-hydrogen) atoms. The van der Waals surface area contributed by atoms with Gasteiger partial charge in [-0.2, -0.15) is 0 Å². The van der Waals surface area contributed by atoms with Gasteiger partial charge < -0.3 is 19.1 Å². The molecule has 1 aromatic heterocycles. The quantitative estimate of drug-likeness (QED) is 0.730. The first-order valence-electron chi connectivity index (χ1n) is 9.68. The van der Waals surface area contributed by atoms with E-state index in [4.69, 9.17) is 4.74 Å². The summed E-state index contributed by atoms with van der Waals surface area (Å²) < 4.78 is 7.17. The lowest BCUT2D eigenvalue weighted by atomic mass is 9.73. The summed E-state index contributed by atoms with van der Waals surface area (Å²) in [7, 11) is 0. The fourth-order valence-electron chi connectivity index (χ4n) is 3.99. The van der Waals surface area contributed by atoms with Crippen LogP contribution in [0, 0.1) is 5.41 Å². The zero-order chi connectivity index (χ0) is 19.4. The van der Waals surface area contributed by atoms with E-state index in [2.05, 4.69) is 10.2 Å². The Balaban J connectivity index is 1.43. The van der Waals surface area contributed by atoms with Crippen LogP contribution in [-0.4, -0.2) is 75.8 Å². The molecular weight excluding hydrogens is 358 g/mol. The second-order valence-electron chi connectivity index (χ2n) is 7.55. The van der Waals surface area contributed by atoms with E-state index in [1.54, 1.807) is 22.1 Å². The Bertz CT molecular complexity index is 797. The van der Waals surface area contributed by atoms with Crippen molar-refractivity contribution in [1.82, 2.24) is 24.6 Å². The number of morpholine rings is 1. The standard InChI is InChI=1S/C20H25N5O3/c26-18(6-7-23-15-21-22-16-23)25-13-20(14-25,12-17-4-2-1-3-5-17)19(27)24-8-10-28-11-9-24/h1-5,15-16H,6-14H2. The zero-order valence-electron chi connectivity index (χ0n) is 15.9.